The minimum absolute atomic E-state index is 0.0475. The van der Waals surface area contributed by atoms with Gasteiger partial charge in [0.1, 0.15) is 0 Å². The molecule has 0 saturated carbocycles. The van der Waals surface area contributed by atoms with Gasteiger partial charge in [-0.15, -0.1) is 0 Å². The lowest BCUT2D eigenvalue weighted by atomic mass is 10.0. The van der Waals surface area contributed by atoms with E-state index in [1.54, 1.807) is 18.2 Å². The van der Waals surface area contributed by atoms with E-state index in [9.17, 15) is 26.4 Å². The third-order valence-corrected chi connectivity index (χ3v) is 6.52. The Bertz CT molecular complexity index is 971. The van der Waals surface area contributed by atoms with E-state index in [0.717, 1.165) is 17.8 Å². The second kappa shape index (κ2) is 5.95. The molecular formula is C15H10F3NO4S2. The summed E-state index contributed by atoms with van der Waals surface area (Å²) in [7, 11) is -5.46. The number of sulfone groups is 1. The molecular weight excluding hydrogens is 379 g/mol. The van der Waals surface area contributed by atoms with Crippen LogP contribution in [0.25, 0.3) is 0 Å². The van der Waals surface area contributed by atoms with Crippen LogP contribution in [0.1, 0.15) is 11.1 Å². The van der Waals surface area contributed by atoms with Crippen LogP contribution in [-0.2, 0) is 16.3 Å². The van der Waals surface area contributed by atoms with Crippen LogP contribution in [0.2, 0.25) is 0 Å². The zero-order valence-electron chi connectivity index (χ0n) is 12.3. The molecule has 1 aliphatic heterocycles. The molecule has 10 heteroatoms. The Morgan fingerprint density at radius 2 is 1.88 bits per heavy atom. The van der Waals surface area contributed by atoms with Crippen molar-refractivity contribution in [3.8, 4) is 0 Å². The molecule has 1 heterocycles. The summed E-state index contributed by atoms with van der Waals surface area (Å²) in [4.78, 5) is 10.6. The molecule has 3 rings (SSSR count). The molecule has 1 amide bonds. The summed E-state index contributed by atoms with van der Waals surface area (Å²) in [5.41, 5.74) is -3.91. The number of carboxylic acid groups (broad SMARTS) is 1. The van der Waals surface area contributed by atoms with Gasteiger partial charge < -0.3 is 5.11 Å². The molecule has 0 fully saturated rings. The Kier molecular flexibility index (Phi) is 4.20. The summed E-state index contributed by atoms with van der Waals surface area (Å²) in [6, 6.07) is 8.35. The molecule has 2 N–H and O–H groups in total. The highest BCUT2D eigenvalue weighted by Gasteiger charge is 2.48. The molecule has 25 heavy (non-hydrogen) atoms. The van der Waals surface area contributed by atoms with E-state index < -0.39 is 26.3 Å². The Hall–Kier alpha value is -2.20. The van der Waals surface area contributed by atoms with Gasteiger partial charge in [-0.1, -0.05) is 23.9 Å². The second-order valence-corrected chi connectivity index (χ2v) is 8.19. The van der Waals surface area contributed by atoms with Crippen molar-refractivity contribution in [3.63, 3.8) is 0 Å². The van der Waals surface area contributed by atoms with Gasteiger partial charge in [0.05, 0.1) is 4.90 Å². The van der Waals surface area contributed by atoms with Crippen LogP contribution >= 0.6 is 11.8 Å². The van der Waals surface area contributed by atoms with E-state index in [1.165, 1.54) is 12.1 Å². The lowest BCUT2D eigenvalue weighted by Gasteiger charge is -2.22. The third-order valence-electron chi connectivity index (χ3n) is 3.56. The summed E-state index contributed by atoms with van der Waals surface area (Å²) in [6.45, 7) is 0. The molecule has 0 spiro atoms. The zero-order chi connectivity index (χ0) is 18.4. The molecule has 0 bridgehead atoms. The van der Waals surface area contributed by atoms with Crippen LogP contribution in [0.4, 0.5) is 23.7 Å². The summed E-state index contributed by atoms with van der Waals surface area (Å²) >= 11 is 0.925. The molecule has 0 aliphatic carbocycles. The molecule has 1 aliphatic rings. The minimum atomic E-state index is -5.46. The number of hydrogen-bond acceptors (Lipinski definition) is 4. The SMILES string of the molecule is O=C(O)Nc1ccc2c(c1)Cc1cccc(S(=O)(=O)C(F)(F)F)c1S2. The fourth-order valence-electron chi connectivity index (χ4n) is 2.49. The average molecular weight is 389 g/mol. The number of hydrogen-bond donors (Lipinski definition) is 2. The smallest absolute Gasteiger partial charge is 0.465 e. The van der Waals surface area contributed by atoms with Crippen molar-refractivity contribution in [1.29, 1.82) is 0 Å². The van der Waals surface area contributed by atoms with Gasteiger partial charge in [0.2, 0.25) is 0 Å². The van der Waals surface area contributed by atoms with Crippen molar-refractivity contribution in [2.45, 2.75) is 26.6 Å². The maximum absolute atomic E-state index is 12.9. The fourth-order valence-corrected chi connectivity index (χ4v) is 4.88. The summed E-state index contributed by atoms with van der Waals surface area (Å²) in [5.74, 6) is 0. The minimum Gasteiger partial charge on any atom is -0.465 e. The van der Waals surface area contributed by atoms with Crippen molar-refractivity contribution in [3.05, 3.63) is 47.5 Å². The summed E-state index contributed by atoms with van der Waals surface area (Å²) < 4.78 is 62.3. The number of benzene rings is 2. The van der Waals surface area contributed by atoms with Gasteiger partial charge in [0.25, 0.3) is 9.84 Å². The number of nitrogens with one attached hydrogen (secondary N) is 1. The molecule has 0 atom stereocenters. The van der Waals surface area contributed by atoms with Crippen LogP contribution in [-0.4, -0.2) is 25.1 Å². The second-order valence-electron chi connectivity index (χ2n) is 5.23. The first-order chi connectivity index (χ1) is 11.6. The number of rotatable bonds is 2. The molecule has 0 unspecified atom stereocenters. The molecule has 2 aromatic carbocycles. The highest BCUT2D eigenvalue weighted by molar-refractivity contribution is 8.00. The van der Waals surface area contributed by atoms with Crippen LogP contribution in [0.15, 0.2) is 51.1 Å². The lowest BCUT2D eigenvalue weighted by molar-refractivity contribution is -0.0437. The quantitative estimate of drug-likeness (QED) is 0.689. The van der Waals surface area contributed by atoms with Crippen molar-refractivity contribution in [1.82, 2.24) is 0 Å². The standard InChI is InChI=1S/C15H10F3NO4S2/c16-15(17,18)25(22,23)12-3-1-2-8-6-9-7-10(19-14(20)21)4-5-11(9)24-13(8)12/h1-5,7,19H,6H2,(H,20,21). The van der Waals surface area contributed by atoms with Gasteiger partial charge in [-0.05, 0) is 41.8 Å². The van der Waals surface area contributed by atoms with Crippen molar-refractivity contribution in [2.24, 2.45) is 0 Å². The Labute approximate surface area is 144 Å². The zero-order valence-corrected chi connectivity index (χ0v) is 13.9. The fraction of sp³-hybridized carbons (Fsp3) is 0.133. The van der Waals surface area contributed by atoms with Crippen LogP contribution in [0, 0.1) is 0 Å². The number of halogens is 3. The third kappa shape index (κ3) is 3.19. The van der Waals surface area contributed by atoms with Crippen LogP contribution < -0.4 is 5.32 Å². The molecule has 5 nitrogen and oxygen atoms in total. The first-order valence-electron chi connectivity index (χ1n) is 6.83. The Balaban J connectivity index is 2.06. The maximum Gasteiger partial charge on any atom is 0.501 e. The number of amides is 1. The average Bonchev–Trinajstić information content (AvgIpc) is 2.50. The Morgan fingerprint density at radius 1 is 1.16 bits per heavy atom. The number of carbonyl (C=O) groups is 1. The number of alkyl halides is 3. The van der Waals surface area contributed by atoms with E-state index in [1.807, 2.05) is 0 Å². The first-order valence-corrected chi connectivity index (χ1v) is 9.13. The molecule has 2 aromatic rings. The largest absolute Gasteiger partial charge is 0.501 e. The Morgan fingerprint density at radius 3 is 2.52 bits per heavy atom. The van der Waals surface area contributed by atoms with E-state index in [-0.39, 0.29) is 11.3 Å². The predicted octanol–water partition coefficient (Wildman–Crippen LogP) is 4.13. The summed E-state index contributed by atoms with van der Waals surface area (Å²) in [6.07, 6.45) is -1.03. The first kappa shape index (κ1) is 17.6. The maximum atomic E-state index is 12.9. The van der Waals surface area contributed by atoms with Crippen LogP contribution in [0.5, 0.6) is 0 Å². The van der Waals surface area contributed by atoms with Gasteiger partial charge in [-0.25, -0.2) is 13.2 Å². The number of fused-ring (bicyclic) bond motifs is 2. The molecule has 132 valence electrons. The highest BCUT2D eigenvalue weighted by atomic mass is 32.2. The molecule has 0 saturated heterocycles. The van der Waals surface area contributed by atoms with Crippen molar-refractivity contribution >= 4 is 33.4 Å². The van der Waals surface area contributed by atoms with Gasteiger partial charge in [0, 0.05) is 15.5 Å². The normalized spacial score (nSPS) is 13.7. The van der Waals surface area contributed by atoms with E-state index in [4.69, 9.17) is 5.11 Å². The topological polar surface area (TPSA) is 83.5 Å². The molecule has 0 radical (unpaired) electrons. The molecule has 0 aromatic heterocycles. The monoisotopic (exact) mass is 389 g/mol. The summed E-state index contributed by atoms with van der Waals surface area (Å²) in [5, 5.41) is 10.9. The number of anilines is 1. The van der Waals surface area contributed by atoms with E-state index in [0.29, 0.717) is 21.7 Å². The van der Waals surface area contributed by atoms with E-state index in [2.05, 4.69) is 5.32 Å². The van der Waals surface area contributed by atoms with Crippen molar-refractivity contribution < 1.29 is 31.5 Å². The van der Waals surface area contributed by atoms with Gasteiger partial charge in [0.15, 0.2) is 0 Å². The highest BCUT2D eigenvalue weighted by Crippen LogP contribution is 2.45. The lowest BCUT2D eigenvalue weighted by Crippen LogP contribution is -2.24. The van der Waals surface area contributed by atoms with Gasteiger partial charge in [-0.2, -0.15) is 13.2 Å². The van der Waals surface area contributed by atoms with E-state index >= 15 is 0 Å². The predicted molar refractivity (Wildman–Crippen MR) is 84.7 cm³/mol. The van der Waals surface area contributed by atoms with Gasteiger partial charge in [-0.3, -0.25) is 5.32 Å². The van der Waals surface area contributed by atoms with Crippen LogP contribution in [0.3, 0.4) is 0 Å². The van der Waals surface area contributed by atoms with Crippen molar-refractivity contribution in [2.75, 3.05) is 5.32 Å². The van der Waals surface area contributed by atoms with Gasteiger partial charge >= 0.3 is 11.6 Å².